The highest BCUT2D eigenvalue weighted by Crippen LogP contribution is 2.44. The molecule has 2 atom stereocenters. The lowest BCUT2D eigenvalue weighted by atomic mass is 9.87. The first-order valence-corrected chi connectivity index (χ1v) is 22.8. The highest BCUT2D eigenvalue weighted by molar-refractivity contribution is 9.10. The average molecular weight is 1070 g/mol. The van der Waals surface area contributed by atoms with Crippen molar-refractivity contribution in [1.82, 2.24) is 58.6 Å². The minimum atomic E-state index is -4.47. The Labute approximate surface area is 401 Å². The summed E-state index contributed by atoms with van der Waals surface area (Å²) in [4.78, 5) is 26.9. The Morgan fingerprint density at radius 2 is 0.985 bits per heavy atom. The molecule has 6 aromatic heterocycles. The van der Waals surface area contributed by atoms with Crippen molar-refractivity contribution in [2.45, 2.75) is 76.8 Å². The minimum Gasteiger partial charge on any atom is -0.479 e. The maximum absolute atomic E-state index is 13.8. The topological polar surface area (TPSA) is 141 Å². The maximum Gasteiger partial charge on any atom is 0.416 e. The van der Waals surface area contributed by atoms with Crippen LogP contribution < -0.4 is 9.47 Å². The van der Waals surface area contributed by atoms with Gasteiger partial charge in [-0.3, -0.25) is 0 Å². The first-order valence-electron chi connectivity index (χ1n) is 21.2. The summed E-state index contributed by atoms with van der Waals surface area (Å²) in [6.07, 6.45) is 0.610. The van der Waals surface area contributed by atoms with Gasteiger partial charge in [0.1, 0.15) is 34.4 Å². The fourth-order valence-electron chi connectivity index (χ4n) is 8.58. The average Bonchev–Trinajstić information content (AvgIpc) is 4.15. The predicted molar refractivity (Wildman–Crippen MR) is 244 cm³/mol. The third-order valence-electron chi connectivity index (χ3n) is 11.6. The van der Waals surface area contributed by atoms with Crippen LogP contribution in [0.5, 0.6) is 11.8 Å². The number of fused-ring (bicyclic) bond motifs is 2. The molecule has 0 bridgehead atoms. The fraction of sp³-hybridized carbons (Fsp3) is 0.304. The molecule has 0 amide bonds. The highest BCUT2D eigenvalue weighted by Gasteiger charge is 2.39. The van der Waals surface area contributed by atoms with Gasteiger partial charge in [0.2, 0.25) is 11.8 Å². The smallest absolute Gasteiger partial charge is 0.416 e. The number of imidazole rings is 2. The van der Waals surface area contributed by atoms with E-state index in [1.165, 1.54) is 26.4 Å². The molecule has 8 aromatic rings. The molecule has 14 nitrogen and oxygen atoms in total. The molecule has 8 heterocycles. The zero-order chi connectivity index (χ0) is 48.1. The molecule has 10 rings (SSSR count). The van der Waals surface area contributed by atoms with Gasteiger partial charge in [-0.1, -0.05) is 44.0 Å². The summed E-state index contributed by atoms with van der Waals surface area (Å²) in [5, 5.41) is 9.13. The number of ether oxygens (including phenoxy) is 2. The van der Waals surface area contributed by atoms with Crippen LogP contribution in [0.2, 0.25) is 0 Å². The van der Waals surface area contributed by atoms with Crippen LogP contribution in [0.4, 0.5) is 26.3 Å². The van der Waals surface area contributed by atoms with Crippen molar-refractivity contribution in [3.05, 3.63) is 140 Å². The SMILES string of the molecule is COc1nc(-c2nc3n(n2)CCCC3c2ccc(Br)cc2C(F)(F)F)ccc1-n1cnc(C)c1.COc1nc(-c2nc3n(n2)CCC[C@@H]3c2ccc(Br)cc2C(F)(F)F)ccc1-n1cnc(C)c1. The lowest BCUT2D eigenvalue weighted by Gasteiger charge is -2.25. The van der Waals surface area contributed by atoms with Crippen molar-refractivity contribution >= 4 is 31.9 Å². The van der Waals surface area contributed by atoms with Gasteiger partial charge >= 0.3 is 12.4 Å². The van der Waals surface area contributed by atoms with Gasteiger partial charge in [-0.25, -0.2) is 39.3 Å². The van der Waals surface area contributed by atoms with Crippen molar-refractivity contribution in [3.8, 4) is 46.2 Å². The highest BCUT2D eigenvalue weighted by atomic mass is 79.9. The molecule has 2 aromatic carbocycles. The molecular weight excluding hydrogens is 1030 g/mol. The largest absolute Gasteiger partial charge is 0.479 e. The molecule has 0 N–H and O–H groups in total. The second-order valence-electron chi connectivity index (χ2n) is 16.2. The molecule has 0 fully saturated rings. The molecule has 68 heavy (non-hydrogen) atoms. The Morgan fingerprint density at radius 3 is 1.34 bits per heavy atom. The summed E-state index contributed by atoms with van der Waals surface area (Å²) in [6, 6.07) is 15.7. The molecule has 0 saturated carbocycles. The Bertz CT molecular complexity index is 2930. The number of hydrogen-bond acceptors (Lipinski definition) is 10. The first kappa shape index (κ1) is 46.7. The number of hydrogen-bond donors (Lipinski definition) is 0. The maximum atomic E-state index is 13.8. The van der Waals surface area contributed by atoms with E-state index in [0.29, 0.717) is 106 Å². The number of rotatable bonds is 8. The van der Waals surface area contributed by atoms with Crippen LogP contribution in [-0.4, -0.2) is 72.8 Å². The summed E-state index contributed by atoms with van der Waals surface area (Å²) >= 11 is 6.32. The Morgan fingerprint density at radius 1 is 0.574 bits per heavy atom. The van der Waals surface area contributed by atoms with E-state index in [0.717, 1.165) is 23.5 Å². The molecule has 2 aliphatic heterocycles. The summed E-state index contributed by atoms with van der Waals surface area (Å²) in [6.45, 7) is 4.94. The van der Waals surface area contributed by atoms with Crippen LogP contribution in [0, 0.1) is 13.8 Å². The summed E-state index contributed by atoms with van der Waals surface area (Å²) in [7, 11) is 3.04. The van der Waals surface area contributed by atoms with Gasteiger partial charge in [0.05, 0.1) is 49.4 Å². The van der Waals surface area contributed by atoms with E-state index in [-0.39, 0.29) is 11.1 Å². The van der Waals surface area contributed by atoms with Gasteiger partial charge in [0, 0.05) is 46.3 Å². The third kappa shape index (κ3) is 9.39. The number of halogens is 8. The number of alkyl halides is 6. The van der Waals surface area contributed by atoms with E-state index in [1.807, 2.05) is 38.4 Å². The van der Waals surface area contributed by atoms with Crippen molar-refractivity contribution in [1.29, 1.82) is 0 Å². The molecule has 0 aliphatic carbocycles. The fourth-order valence-corrected chi connectivity index (χ4v) is 9.30. The number of pyridine rings is 2. The Balaban J connectivity index is 0.000000170. The monoisotopic (exact) mass is 1060 g/mol. The molecule has 1 unspecified atom stereocenters. The molecular formula is C46H40Br2F6N12O2. The number of methoxy groups -OCH3 is 2. The normalized spacial score (nSPS) is 15.9. The summed E-state index contributed by atoms with van der Waals surface area (Å²) < 4.78 is 101. The zero-order valence-corrected chi connectivity index (χ0v) is 39.9. The van der Waals surface area contributed by atoms with Gasteiger partial charge in [0.15, 0.2) is 11.6 Å². The van der Waals surface area contributed by atoms with Crippen LogP contribution in [0.25, 0.3) is 34.4 Å². The van der Waals surface area contributed by atoms with E-state index >= 15 is 0 Å². The van der Waals surface area contributed by atoms with Crippen molar-refractivity contribution in [3.63, 3.8) is 0 Å². The van der Waals surface area contributed by atoms with Gasteiger partial charge < -0.3 is 18.6 Å². The van der Waals surface area contributed by atoms with E-state index < -0.39 is 35.3 Å². The summed E-state index contributed by atoms with van der Waals surface area (Å²) in [5.74, 6) is 1.40. The second-order valence-corrected chi connectivity index (χ2v) is 18.0. The van der Waals surface area contributed by atoms with Gasteiger partial charge in [-0.15, -0.1) is 10.2 Å². The van der Waals surface area contributed by atoms with E-state index in [9.17, 15) is 26.3 Å². The summed E-state index contributed by atoms with van der Waals surface area (Å²) in [5.41, 5.74) is 3.15. The second kappa shape index (κ2) is 18.6. The Hall–Kier alpha value is -6.42. The van der Waals surface area contributed by atoms with Gasteiger partial charge in [-0.2, -0.15) is 26.3 Å². The molecule has 22 heteroatoms. The van der Waals surface area contributed by atoms with Crippen molar-refractivity contribution < 1.29 is 35.8 Å². The number of nitrogens with zero attached hydrogens (tertiary/aromatic N) is 12. The molecule has 2 aliphatic rings. The molecule has 0 spiro atoms. The van der Waals surface area contributed by atoms with E-state index in [2.05, 4.69) is 72.0 Å². The zero-order valence-electron chi connectivity index (χ0n) is 36.7. The number of aromatic nitrogens is 12. The third-order valence-corrected chi connectivity index (χ3v) is 12.6. The molecule has 0 radical (unpaired) electrons. The van der Waals surface area contributed by atoms with E-state index in [1.54, 1.807) is 55.4 Å². The molecule has 352 valence electrons. The predicted octanol–water partition coefficient (Wildman–Crippen LogP) is 11.1. The number of benzene rings is 2. The van der Waals surface area contributed by atoms with E-state index in [4.69, 9.17) is 9.47 Å². The van der Waals surface area contributed by atoms with Crippen molar-refractivity contribution in [2.75, 3.05) is 14.2 Å². The Kier molecular flexibility index (Phi) is 12.8. The van der Waals surface area contributed by atoms with Crippen LogP contribution in [0.15, 0.2) is 94.7 Å². The van der Waals surface area contributed by atoms with Crippen LogP contribution in [0.1, 0.15) is 82.8 Å². The quantitative estimate of drug-likeness (QED) is 0.135. The van der Waals surface area contributed by atoms with Gasteiger partial charge in [-0.05, 0) is 99.2 Å². The van der Waals surface area contributed by atoms with Crippen LogP contribution in [0.3, 0.4) is 0 Å². The minimum absolute atomic E-state index is 0.201. The first-order chi connectivity index (χ1) is 32.5. The standard InChI is InChI=1S/2C23H20BrF3N6O/c2*1-13-11-32(12-28-13)19-8-7-18(29-22(19)34-2)20-30-21-16(4-3-9-33(21)31-20)15-6-5-14(24)10-17(15)23(25,26)27/h2*5-8,10-12,16H,3-4,9H2,1-2H3/t16-;/m1./s1. The van der Waals surface area contributed by atoms with Gasteiger partial charge in [0.25, 0.3) is 0 Å². The lowest BCUT2D eigenvalue weighted by Crippen LogP contribution is -2.21. The number of aryl methyl sites for hydroxylation is 4. The van der Waals surface area contributed by atoms with Crippen molar-refractivity contribution in [2.24, 2.45) is 0 Å². The lowest BCUT2D eigenvalue weighted by molar-refractivity contribution is -0.139. The molecule has 0 saturated heterocycles. The van der Waals surface area contributed by atoms with Crippen LogP contribution in [-0.2, 0) is 25.4 Å². The van der Waals surface area contributed by atoms with Crippen LogP contribution >= 0.6 is 31.9 Å².